The number of hydrogen-bond donors (Lipinski definition) is 2. The Morgan fingerprint density at radius 2 is 1.88 bits per heavy atom. The monoisotopic (exact) mass is 399 g/mol. The van der Waals surface area contributed by atoms with Gasteiger partial charge in [0.1, 0.15) is 6.04 Å². The van der Waals surface area contributed by atoms with E-state index >= 15 is 0 Å². The van der Waals surface area contributed by atoms with Crippen LogP contribution in [-0.2, 0) is 4.79 Å². The van der Waals surface area contributed by atoms with Crippen LogP contribution in [-0.4, -0.2) is 48.4 Å². The van der Waals surface area contributed by atoms with Crippen LogP contribution in [0, 0.1) is 5.92 Å². The Hall–Kier alpha value is -1.30. The molecule has 1 aliphatic heterocycles. The number of hydrogen-bond acceptors (Lipinski definition) is 3. The van der Waals surface area contributed by atoms with Crippen molar-refractivity contribution in [2.75, 3.05) is 19.6 Å². The van der Waals surface area contributed by atoms with Crippen molar-refractivity contribution in [2.24, 2.45) is 5.92 Å². The first-order valence-electron chi connectivity index (χ1n) is 9.10. The van der Waals surface area contributed by atoms with Gasteiger partial charge in [-0.15, -0.1) is 0 Å². The van der Waals surface area contributed by atoms with E-state index in [1.165, 1.54) is 6.07 Å². The van der Waals surface area contributed by atoms with Gasteiger partial charge in [-0.25, -0.2) is 0 Å². The predicted molar refractivity (Wildman–Crippen MR) is 106 cm³/mol. The Kier molecular flexibility index (Phi) is 7.74. The largest absolute Gasteiger partial charge is 0.351 e. The molecule has 1 fully saturated rings. The van der Waals surface area contributed by atoms with Crippen LogP contribution in [0.2, 0.25) is 10.0 Å². The van der Waals surface area contributed by atoms with Crippen LogP contribution >= 0.6 is 23.2 Å². The molecule has 1 saturated heterocycles. The lowest BCUT2D eigenvalue weighted by molar-refractivity contribution is -0.125. The second kappa shape index (κ2) is 9.58. The Bertz CT molecular complexity index is 644. The fourth-order valence-electron chi connectivity index (χ4n) is 3.11. The third-order valence-corrected chi connectivity index (χ3v) is 5.34. The highest BCUT2D eigenvalue weighted by molar-refractivity contribution is 6.36. The lowest BCUT2D eigenvalue weighted by Gasteiger charge is -2.33. The second-order valence-corrected chi connectivity index (χ2v) is 7.88. The average molecular weight is 400 g/mol. The molecule has 0 aliphatic carbocycles. The van der Waals surface area contributed by atoms with Gasteiger partial charge in [0.15, 0.2) is 0 Å². The van der Waals surface area contributed by atoms with Crippen LogP contribution in [0.1, 0.15) is 44.0 Å². The van der Waals surface area contributed by atoms with Crippen molar-refractivity contribution >= 4 is 35.0 Å². The van der Waals surface area contributed by atoms with Crippen LogP contribution in [0.3, 0.4) is 0 Å². The number of benzene rings is 1. The topological polar surface area (TPSA) is 61.4 Å². The van der Waals surface area contributed by atoms with Crippen molar-refractivity contribution in [3.05, 3.63) is 33.8 Å². The zero-order valence-corrected chi connectivity index (χ0v) is 17.0. The zero-order valence-electron chi connectivity index (χ0n) is 15.5. The van der Waals surface area contributed by atoms with Crippen LogP contribution < -0.4 is 10.6 Å². The third-order valence-electron chi connectivity index (χ3n) is 4.79. The molecule has 2 amide bonds. The summed E-state index contributed by atoms with van der Waals surface area (Å²) >= 11 is 12.0. The summed E-state index contributed by atoms with van der Waals surface area (Å²) in [7, 11) is 0. The summed E-state index contributed by atoms with van der Waals surface area (Å²) in [6, 6.07) is 4.23. The minimum Gasteiger partial charge on any atom is -0.351 e. The van der Waals surface area contributed by atoms with Crippen molar-refractivity contribution in [1.29, 1.82) is 0 Å². The normalized spacial score (nSPS) is 17.2. The van der Waals surface area contributed by atoms with Crippen molar-refractivity contribution in [2.45, 2.75) is 45.7 Å². The highest BCUT2D eigenvalue weighted by atomic mass is 35.5. The van der Waals surface area contributed by atoms with Gasteiger partial charge < -0.3 is 15.5 Å². The molecule has 5 nitrogen and oxygen atoms in total. The standard InChI is InChI=1S/C19H27Cl2N3O2/c1-4-24-9-7-14(8-10-24)22-19(26)17(12(2)3)23-18(25)15-6-5-13(20)11-16(15)21/h5-6,11-12,14,17H,4,7-10H2,1-3H3,(H,22,26)(H,23,25)/t17-/m1/s1. The van der Waals surface area contributed by atoms with Crippen molar-refractivity contribution < 1.29 is 9.59 Å². The molecule has 2 rings (SSSR count). The lowest BCUT2D eigenvalue weighted by Crippen LogP contribution is -2.54. The van der Waals surface area contributed by atoms with Crippen molar-refractivity contribution in [3.63, 3.8) is 0 Å². The van der Waals surface area contributed by atoms with Gasteiger partial charge in [-0.2, -0.15) is 0 Å². The molecule has 1 aromatic rings. The molecule has 26 heavy (non-hydrogen) atoms. The van der Waals surface area contributed by atoms with Gasteiger partial charge in [-0.3, -0.25) is 9.59 Å². The second-order valence-electron chi connectivity index (χ2n) is 7.04. The molecule has 2 N–H and O–H groups in total. The molecule has 1 heterocycles. The van der Waals surface area contributed by atoms with E-state index < -0.39 is 6.04 Å². The minimum atomic E-state index is -0.613. The number of piperidine rings is 1. The molecule has 1 atom stereocenters. The van der Waals surface area contributed by atoms with Gasteiger partial charge in [0.05, 0.1) is 10.6 Å². The van der Waals surface area contributed by atoms with E-state index in [0.29, 0.717) is 10.6 Å². The number of halogens is 2. The number of likely N-dealkylation sites (tertiary alicyclic amines) is 1. The molecule has 0 unspecified atom stereocenters. The first-order chi connectivity index (χ1) is 12.3. The van der Waals surface area contributed by atoms with Gasteiger partial charge >= 0.3 is 0 Å². The Morgan fingerprint density at radius 1 is 1.23 bits per heavy atom. The summed E-state index contributed by atoms with van der Waals surface area (Å²) in [5.74, 6) is -0.560. The summed E-state index contributed by atoms with van der Waals surface area (Å²) in [5, 5.41) is 6.63. The zero-order chi connectivity index (χ0) is 19.3. The summed E-state index contributed by atoms with van der Waals surface area (Å²) < 4.78 is 0. The first-order valence-corrected chi connectivity index (χ1v) is 9.86. The van der Waals surface area contributed by atoms with E-state index in [0.717, 1.165) is 32.5 Å². The van der Waals surface area contributed by atoms with E-state index in [-0.39, 0.29) is 28.8 Å². The van der Waals surface area contributed by atoms with Gasteiger partial charge in [-0.05, 0) is 43.5 Å². The maximum atomic E-state index is 12.7. The Labute approximate surface area is 165 Å². The van der Waals surface area contributed by atoms with E-state index in [1.807, 2.05) is 13.8 Å². The Morgan fingerprint density at radius 3 is 2.42 bits per heavy atom. The molecule has 0 bridgehead atoms. The van der Waals surface area contributed by atoms with Crippen molar-refractivity contribution in [3.8, 4) is 0 Å². The molecule has 0 spiro atoms. The van der Waals surface area contributed by atoms with Crippen LogP contribution in [0.5, 0.6) is 0 Å². The molecular weight excluding hydrogens is 373 g/mol. The third kappa shape index (κ3) is 5.60. The van der Waals surface area contributed by atoms with Crippen LogP contribution in [0.15, 0.2) is 18.2 Å². The number of rotatable bonds is 6. The molecule has 0 saturated carbocycles. The SMILES string of the molecule is CCN1CCC(NC(=O)[C@H](NC(=O)c2ccc(Cl)cc2Cl)C(C)C)CC1. The summed E-state index contributed by atoms with van der Waals surface area (Å²) in [6.45, 7) is 8.97. The van der Waals surface area contributed by atoms with Gasteiger partial charge in [0, 0.05) is 24.2 Å². The van der Waals surface area contributed by atoms with Gasteiger partial charge in [0.2, 0.25) is 5.91 Å². The van der Waals surface area contributed by atoms with Gasteiger partial charge in [0.25, 0.3) is 5.91 Å². The Balaban J connectivity index is 1.99. The highest BCUT2D eigenvalue weighted by Crippen LogP contribution is 2.21. The first kappa shape index (κ1) is 21.0. The fraction of sp³-hybridized carbons (Fsp3) is 0.579. The van der Waals surface area contributed by atoms with E-state index in [4.69, 9.17) is 23.2 Å². The highest BCUT2D eigenvalue weighted by Gasteiger charge is 2.28. The quantitative estimate of drug-likeness (QED) is 0.770. The number of carbonyl (C=O) groups excluding carboxylic acids is 2. The van der Waals surface area contributed by atoms with E-state index in [1.54, 1.807) is 12.1 Å². The summed E-state index contributed by atoms with van der Waals surface area (Å²) in [4.78, 5) is 27.6. The number of carbonyl (C=O) groups is 2. The van der Waals surface area contributed by atoms with E-state index in [2.05, 4.69) is 22.5 Å². The lowest BCUT2D eigenvalue weighted by atomic mass is 10.00. The smallest absolute Gasteiger partial charge is 0.253 e. The predicted octanol–water partition coefficient (Wildman–Crippen LogP) is 3.35. The molecule has 144 valence electrons. The fourth-order valence-corrected chi connectivity index (χ4v) is 3.61. The van der Waals surface area contributed by atoms with Crippen LogP contribution in [0.4, 0.5) is 0 Å². The molecular formula is C19H27Cl2N3O2. The van der Waals surface area contributed by atoms with E-state index in [9.17, 15) is 9.59 Å². The van der Waals surface area contributed by atoms with Gasteiger partial charge in [-0.1, -0.05) is 44.0 Å². The maximum Gasteiger partial charge on any atom is 0.253 e. The summed E-state index contributed by atoms with van der Waals surface area (Å²) in [6.07, 6.45) is 1.86. The summed E-state index contributed by atoms with van der Waals surface area (Å²) in [5.41, 5.74) is 0.311. The molecule has 7 heteroatoms. The van der Waals surface area contributed by atoms with Crippen molar-refractivity contribution in [1.82, 2.24) is 15.5 Å². The molecule has 1 aromatic carbocycles. The molecule has 1 aliphatic rings. The molecule has 0 radical (unpaired) electrons. The average Bonchev–Trinajstić information content (AvgIpc) is 2.59. The molecule has 0 aromatic heterocycles. The number of nitrogens with zero attached hydrogens (tertiary/aromatic N) is 1. The number of nitrogens with one attached hydrogen (secondary N) is 2. The van der Waals surface area contributed by atoms with Crippen LogP contribution in [0.25, 0.3) is 0 Å². The maximum absolute atomic E-state index is 12.7. The number of amides is 2. The minimum absolute atomic E-state index is 0.0410.